The molecule has 0 atom stereocenters. The predicted molar refractivity (Wildman–Crippen MR) is 78.8 cm³/mol. The topological polar surface area (TPSA) is 58.2 Å². The third-order valence-electron chi connectivity index (χ3n) is 2.70. The van der Waals surface area contributed by atoms with Gasteiger partial charge in [0, 0.05) is 12.1 Å². The van der Waals surface area contributed by atoms with Crippen LogP contribution in [0.15, 0.2) is 0 Å². The number of nitrogens with one attached hydrogen (secondary N) is 2. The maximum atomic E-state index is 11.8. The lowest BCUT2D eigenvalue weighted by Crippen LogP contribution is -2.51. The van der Waals surface area contributed by atoms with Crippen LogP contribution in [-0.2, 0) is 9.59 Å². The second-order valence-electron chi connectivity index (χ2n) is 7.04. The highest BCUT2D eigenvalue weighted by molar-refractivity contribution is 6.35. The Balaban J connectivity index is 4.17. The Hall–Kier alpha value is -1.06. The minimum absolute atomic E-state index is 0.106. The first-order valence-electron chi connectivity index (χ1n) is 7.18. The molecule has 0 spiro atoms. The molecule has 0 bridgehead atoms. The van der Waals surface area contributed by atoms with Crippen molar-refractivity contribution in [1.29, 1.82) is 0 Å². The number of rotatable bonds is 6. The maximum absolute atomic E-state index is 11.8. The molecule has 0 aliphatic carbocycles. The first kappa shape index (κ1) is 17.9. The minimum Gasteiger partial charge on any atom is -0.348 e. The molecule has 0 unspecified atom stereocenters. The molecule has 0 fully saturated rings. The highest BCUT2D eigenvalue weighted by Gasteiger charge is 2.28. The first-order chi connectivity index (χ1) is 8.57. The zero-order valence-electron chi connectivity index (χ0n) is 13.4. The average Bonchev–Trinajstić information content (AvgIpc) is 2.19. The molecule has 0 saturated heterocycles. The summed E-state index contributed by atoms with van der Waals surface area (Å²) in [5.74, 6) is -1.07. The molecule has 0 heterocycles. The van der Waals surface area contributed by atoms with E-state index < -0.39 is 11.8 Å². The number of amides is 2. The largest absolute Gasteiger partial charge is 0.348 e. The van der Waals surface area contributed by atoms with Crippen molar-refractivity contribution in [3.63, 3.8) is 0 Å². The molecular weight excluding hydrogens is 240 g/mol. The van der Waals surface area contributed by atoms with Gasteiger partial charge in [0.15, 0.2) is 0 Å². The summed E-state index contributed by atoms with van der Waals surface area (Å²) in [5, 5.41) is 5.45. The van der Waals surface area contributed by atoms with Gasteiger partial charge in [-0.2, -0.15) is 0 Å². The molecule has 112 valence electrons. The molecule has 4 nitrogen and oxygen atoms in total. The average molecular weight is 270 g/mol. The summed E-state index contributed by atoms with van der Waals surface area (Å²) >= 11 is 0. The molecule has 2 amide bonds. The fourth-order valence-electron chi connectivity index (χ4n) is 2.39. The second-order valence-corrected chi connectivity index (χ2v) is 7.04. The van der Waals surface area contributed by atoms with Crippen LogP contribution in [0.3, 0.4) is 0 Å². The van der Waals surface area contributed by atoms with Gasteiger partial charge >= 0.3 is 11.8 Å². The zero-order valence-corrected chi connectivity index (χ0v) is 13.4. The zero-order chi connectivity index (χ0) is 15.1. The summed E-state index contributed by atoms with van der Waals surface area (Å²) in [4.78, 5) is 23.4. The van der Waals surface area contributed by atoms with Gasteiger partial charge in [0.05, 0.1) is 0 Å². The van der Waals surface area contributed by atoms with Crippen LogP contribution in [0.25, 0.3) is 0 Å². The Morgan fingerprint density at radius 1 is 0.947 bits per heavy atom. The number of carbonyl (C=O) groups excluding carboxylic acids is 2. The van der Waals surface area contributed by atoms with E-state index in [9.17, 15) is 9.59 Å². The van der Waals surface area contributed by atoms with Gasteiger partial charge < -0.3 is 10.6 Å². The number of hydrogen-bond donors (Lipinski definition) is 2. The van der Waals surface area contributed by atoms with E-state index >= 15 is 0 Å². The summed E-state index contributed by atoms with van der Waals surface area (Å²) in [6.45, 7) is 12.9. The van der Waals surface area contributed by atoms with Crippen LogP contribution >= 0.6 is 0 Å². The summed E-state index contributed by atoms with van der Waals surface area (Å²) < 4.78 is 0. The molecule has 0 saturated carbocycles. The van der Waals surface area contributed by atoms with Crippen molar-refractivity contribution >= 4 is 11.8 Å². The smallest absolute Gasteiger partial charge is 0.309 e. The van der Waals surface area contributed by atoms with Crippen LogP contribution in [0.5, 0.6) is 0 Å². The number of carbonyl (C=O) groups is 2. The lowest BCUT2D eigenvalue weighted by Gasteiger charge is -2.33. The van der Waals surface area contributed by atoms with Crippen LogP contribution in [-0.4, -0.2) is 23.9 Å². The van der Waals surface area contributed by atoms with Crippen LogP contribution < -0.4 is 10.6 Å². The van der Waals surface area contributed by atoms with Gasteiger partial charge in [-0.25, -0.2) is 0 Å². The standard InChI is InChI=1S/C15H30N2O2/c1-7-8-9-10-16-12(18)13(19)17-15(5,6)11-14(2,3)4/h7-11H2,1-6H3,(H,16,18)(H,17,19). The van der Waals surface area contributed by atoms with Crippen molar-refractivity contribution in [2.24, 2.45) is 5.41 Å². The normalized spacial score (nSPS) is 12.1. The SMILES string of the molecule is CCCCCNC(=O)C(=O)NC(C)(C)CC(C)(C)C. The molecule has 0 aromatic carbocycles. The lowest BCUT2D eigenvalue weighted by atomic mass is 9.82. The monoisotopic (exact) mass is 270 g/mol. The van der Waals surface area contributed by atoms with Crippen molar-refractivity contribution in [2.45, 2.75) is 72.8 Å². The quantitative estimate of drug-likeness (QED) is 0.576. The Labute approximate surface area is 117 Å². The molecule has 2 N–H and O–H groups in total. The van der Waals surface area contributed by atoms with E-state index in [0.717, 1.165) is 25.7 Å². The Kier molecular flexibility index (Phi) is 7.09. The van der Waals surface area contributed by atoms with Crippen LogP contribution in [0.4, 0.5) is 0 Å². The van der Waals surface area contributed by atoms with Gasteiger partial charge in [0.2, 0.25) is 0 Å². The van der Waals surface area contributed by atoms with E-state index in [1.165, 1.54) is 0 Å². The Morgan fingerprint density at radius 3 is 2.00 bits per heavy atom. The van der Waals surface area contributed by atoms with Gasteiger partial charge in [0.1, 0.15) is 0 Å². The van der Waals surface area contributed by atoms with E-state index in [1.54, 1.807) is 0 Å². The molecule has 19 heavy (non-hydrogen) atoms. The summed E-state index contributed by atoms with van der Waals surface area (Å²) in [5.41, 5.74) is -0.273. The Morgan fingerprint density at radius 2 is 1.53 bits per heavy atom. The molecule has 0 aliphatic heterocycles. The minimum atomic E-state index is -0.536. The van der Waals surface area contributed by atoms with Crippen molar-refractivity contribution in [1.82, 2.24) is 10.6 Å². The lowest BCUT2D eigenvalue weighted by molar-refractivity contribution is -0.140. The van der Waals surface area contributed by atoms with Crippen LogP contribution in [0.1, 0.15) is 67.2 Å². The van der Waals surface area contributed by atoms with Gasteiger partial charge in [-0.3, -0.25) is 9.59 Å². The molecule has 0 aromatic rings. The van der Waals surface area contributed by atoms with E-state index in [2.05, 4.69) is 38.3 Å². The molecule has 0 aromatic heterocycles. The van der Waals surface area contributed by atoms with Crippen LogP contribution in [0, 0.1) is 5.41 Å². The van der Waals surface area contributed by atoms with Gasteiger partial charge in [-0.05, 0) is 32.1 Å². The molecular formula is C15H30N2O2. The molecule has 0 rings (SSSR count). The summed E-state index contributed by atoms with van der Waals surface area (Å²) in [7, 11) is 0. The van der Waals surface area contributed by atoms with E-state index in [0.29, 0.717) is 6.54 Å². The third-order valence-corrected chi connectivity index (χ3v) is 2.70. The van der Waals surface area contributed by atoms with Crippen molar-refractivity contribution < 1.29 is 9.59 Å². The summed E-state index contributed by atoms with van der Waals surface area (Å²) in [6, 6.07) is 0. The summed E-state index contributed by atoms with van der Waals surface area (Å²) in [6.07, 6.45) is 3.90. The predicted octanol–water partition coefficient (Wildman–Crippen LogP) is 2.62. The fourth-order valence-corrected chi connectivity index (χ4v) is 2.39. The maximum Gasteiger partial charge on any atom is 0.309 e. The highest BCUT2D eigenvalue weighted by Crippen LogP contribution is 2.26. The van der Waals surface area contributed by atoms with Crippen LogP contribution in [0.2, 0.25) is 0 Å². The molecule has 0 radical (unpaired) electrons. The van der Waals surface area contributed by atoms with Crippen molar-refractivity contribution in [2.75, 3.05) is 6.54 Å². The van der Waals surface area contributed by atoms with E-state index in [1.807, 2.05) is 13.8 Å². The highest BCUT2D eigenvalue weighted by atomic mass is 16.2. The molecule has 0 aliphatic rings. The number of unbranched alkanes of at least 4 members (excludes halogenated alkanes) is 2. The van der Waals surface area contributed by atoms with Crippen molar-refractivity contribution in [3.8, 4) is 0 Å². The molecule has 4 heteroatoms. The van der Waals surface area contributed by atoms with E-state index in [-0.39, 0.29) is 11.0 Å². The Bertz CT molecular complexity index is 304. The fraction of sp³-hybridized carbons (Fsp3) is 0.867. The van der Waals surface area contributed by atoms with Crippen molar-refractivity contribution in [3.05, 3.63) is 0 Å². The number of hydrogen-bond acceptors (Lipinski definition) is 2. The first-order valence-corrected chi connectivity index (χ1v) is 7.18. The van der Waals surface area contributed by atoms with E-state index in [4.69, 9.17) is 0 Å². The second kappa shape index (κ2) is 7.51. The third kappa shape index (κ3) is 9.51. The van der Waals surface area contributed by atoms with Gasteiger partial charge in [-0.15, -0.1) is 0 Å². The van der Waals surface area contributed by atoms with Gasteiger partial charge in [0.25, 0.3) is 0 Å². The van der Waals surface area contributed by atoms with Gasteiger partial charge in [-0.1, -0.05) is 40.5 Å².